The maximum Gasteiger partial charge on any atom is 0.124 e. The number of para-hydroxylation sites is 1. The average Bonchev–Trinajstić information content (AvgIpc) is 3.15. The summed E-state index contributed by atoms with van der Waals surface area (Å²) in [6, 6.07) is 18.6. The van der Waals surface area contributed by atoms with Gasteiger partial charge in [-0.05, 0) is 54.9 Å². The SMILES string of the molecule is Fc1ccc(COc2ccc(Br)cc2CNCCc2c[nH]c3ccccc23)c(Cl)c1. The van der Waals surface area contributed by atoms with E-state index in [1.54, 1.807) is 6.07 Å². The molecule has 0 aliphatic carbocycles. The fourth-order valence-electron chi connectivity index (χ4n) is 3.41. The van der Waals surface area contributed by atoms with E-state index in [-0.39, 0.29) is 12.4 Å². The van der Waals surface area contributed by atoms with Crippen LogP contribution >= 0.6 is 27.5 Å². The second-order valence-electron chi connectivity index (χ2n) is 7.06. The van der Waals surface area contributed by atoms with Gasteiger partial charge in [0.25, 0.3) is 0 Å². The molecule has 2 N–H and O–H groups in total. The van der Waals surface area contributed by atoms with E-state index in [1.165, 1.54) is 23.1 Å². The summed E-state index contributed by atoms with van der Waals surface area (Å²) >= 11 is 9.64. The van der Waals surface area contributed by atoms with Gasteiger partial charge in [-0.1, -0.05) is 51.8 Å². The van der Waals surface area contributed by atoms with Gasteiger partial charge in [0.1, 0.15) is 18.2 Å². The average molecular weight is 488 g/mol. The second-order valence-corrected chi connectivity index (χ2v) is 8.39. The molecule has 0 atom stereocenters. The van der Waals surface area contributed by atoms with Crippen LogP contribution in [-0.2, 0) is 19.6 Å². The minimum Gasteiger partial charge on any atom is -0.489 e. The van der Waals surface area contributed by atoms with Crippen molar-refractivity contribution in [3.05, 3.63) is 98.9 Å². The van der Waals surface area contributed by atoms with Crippen molar-refractivity contribution in [3.8, 4) is 5.75 Å². The molecule has 0 radical (unpaired) electrons. The molecule has 0 spiro atoms. The van der Waals surface area contributed by atoms with Crippen molar-refractivity contribution < 1.29 is 9.13 Å². The van der Waals surface area contributed by atoms with Crippen LogP contribution < -0.4 is 10.1 Å². The summed E-state index contributed by atoms with van der Waals surface area (Å²) in [7, 11) is 0. The van der Waals surface area contributed by atoms with E-state index in [2.05, 4.69) is 50.6 Å². The highest BCUT2D eigenvalue weighted by molar-refractivity contribution is 9.10. The van der Waals surface area contributed by atoms with Crippen LogP contribution in [0.1, 0.15) is 16.7 Å². The van der Waals surface area contributed by atoms with Gasteiger partial charge < -0.3 is 15.0 Å². The highest BCUT2D eigenvalue weighted by atomic mass is 79.9. The molecule has 4 aromatic rings. The van der Waals surface area contributed by atoms with E-state index in [4.69, 9.17) is 16.3 Å². The van der Waals surface area contributed by atoms with Crippen molar-refractivity contribution in [3.63, 3.8) is 0 Å². The van der Waals surface area contributed by atoms with Gasteiger partial charge in [0, 0.05) is 39.2 Å². The van der Waals surface area contributed by atoms with Crippen molar-refractivity contribution in [2.24, 2.45) is 0 Å². The molecule has 1 aromatic heterocycles. The van der Waals surface area contributed by atoms with Crippen LogP contribution in [0.15, 0.2) is 71.3 Å². The van der Waals surface area contributed by atoms with E-state index in [9.17, 15) is 4.39 Å². The zero-order valence-electron chi connectivity index (χ0n) is 16.2. The number of hydrogen-bond acceptors (Lipinski definition) is 2. The van der Waals surface area contributed by atoms with E-state index in [0.717, 1.165) is 39.8 Å². The van der Waals surface area contributed by atoms with Gasteiger partial charge in [0.05, 0.1) is 5.02 Å². The van der Waals surface area contributed by atoms with Crippen molar-refractivity contribution in [1.29, 1.82) is 0 Å². The molecule has 0 bridgehead atoms. The molecular weight excluding hydrogens is 467 g/mol. The number of rotatable bonds is 8. The van der Waals surface area contributed by atoms with Gasteiger partial charge in [-0.25, -0.2) is 4.39 Å². The maximum absolute atomic E-state index is 13.2. The maximum atomic E-state index is 13.2. The minimum absolute atomic E-state index is 0.281. The standard InChI is InChI=1S/C24H21BrClFN2O/c25-19-6-8-24(30-15-17-5-7-20(27)12-22(17)26)18(11-19)13-28-10-9-16-14-29-23-4-2-1-3-21(16)23/h1-8,11-12,14,28-29H,9-10,13,15H2. The van der Waals surface area contributed by atoms with Crippen molar-refractivity contribution in [1.82, 2.24) is 10.3 Å². The molecule has 4 rings (SSSR count). The Kier molecular flexibility index (Phi) is 6.72. The Balaban J connectivity index is 1.37. The Labute approximate surface area is 188 Å². The van der Waals surface area contributed by atoms with E-state index in [0.29, 0.717) is 11.6 Å². The first-order valence-corrected chi connectivity index (χ1v) is 10.9. The molecule has 0 saturated carbocycles. The largest absolute Gasteiger partial charge is 0.489 e. The van der Waals surface area contributed by atoms with Gasteiger partial charge in [-0.3, -0.25) is 0 Å². The van der Waals surface area contributed by atoms with E-state index in [1.807, 2.05) is 24.3 Å². The zero-order chi connectivity index (χ0) is 20.9. The summed E-state index contributed by atoms with van der Waals surface area (Å²) in [5, 5.41) is 5.13. The molecule has 3 aromatic carbocycles. The number of benzene rings is 3. The molecule has 1 heterocycles. The van der Waals surface area contributed by atoms with E-state index >= 15 is 0 Å². The minimum atomic E-state index is -0.354. The fraction of sp³-hybridized carbons (Fsp3) is 0.167. The van der Waals surface area contributed by atoms with Crippen LogP contribution in [0.2, 0.25) is 5.02 Å². The topological polar surface area (TPSA) is 37.0 Å². The Morgan fingerprint density at radius 3 is 2.73 bits per heavy atom. The van der Waals surface area contributed by atoms with E-state index < -0.39 is 0 Å². The first-order valence-electron chi connectivity index (χ1n) is 9.71. The molecule has 0 aliphatic rings. The lowest BCUT2D eigenvalue weighted by Gasteiger charge is -2.14. The lowest BCUT2D eigenvalue weighted by Crippen LogP contribution is -2.17. The number of aromatic amines is 1. The number of hydrogen-bond donors (Lipinski definition) is 2. The summed E-state index contributed by atoms with van der Waals surface area (Å²) in [5.74, 6) is 0.422. The Bertz CT molecular complexity index is 1160. The smallest absolute Gasteiger partial charge is 0.124 e. The number of aromatic nitrogens is 1. The van der Waals surface area contributed by atoms with Gasteiger partial charge in [0.15, 0.2) is 0 Å². The number of H-pyrrole nitrogens is 1. The van der Waals surface area contributed by atoms with Crippen LogP contribution in [0.5, 0.6) is 5.75 Å². The Morgan fingerprint density at radius 2 is 1.87 bits per heavy atom. The molecule has 0 fully saturated rings. The third-order valence-electron chi connectivity index (χ3n) is 4.98. The Hall–Kier alpha value is -2.34. The third kappa shape index (κ3) is 5.04. The molecular formula is C24H21BrClFN2O. The first-order chi connectivity index (χ1) is 14.6. The highest BCUT2D eigenvalue weighted by Crippen LogP contribution is 2.26. The predicted molar refractivity (Wildman–Crippen MR) is 124 cm³/mol. The molecule has 0 aliphatic heterocycles. The molecule has 3 nitrogen and oxygen atoms in total. The fourth-order valence-corrected chi connectivity index (χ4v) is 4.04. The van der Waals surface area contributed by atoms with Gasteiger partial charge in [0.2, 0.25) is 0 Å². The van der Waals surface area contributed by atoms with Crippen molar-refractivity contribution in [2.45, 2.75) is 19.6 Å². The summed E-state index contributed by atoms with van der Waals surface area (Å²) in [6.45, 7) is 1.80. The van der Waals surface area contributed by atoms with Crippen LogP contribution in [0, 0.1) is 5.82 Å². The van der Waals surface area contributed by atoms with Crippen LogP contribution in [0.25, 0.3) is 10.9 Å². The molecule has 6 heteroatoms. The second kappa shape index (κ2) is 9.65. The normalized spacial score (nSPS) is 11.2. The van der Waals surface area contributed by atoms with Crippen LogP contribution in [-0.4, -0.2) is 11.5 Å². The lowest BCUT2D eigenvalue weighted by atomic mass is 10.1. The Morgan fingerprint density at radius 1 is 1.00 bits per heavy atom. The number of ether oxygens (including phenoxy) is 1. The van der Waals surface area contributed by atoms with Gasteiger partial charge in [-0.2, -0.15) is 0 Å². The molecule has 30 heavy (non-hydrogen) atoms. The quantitative estimate of drug-likeness (QED) is 0.274. The van der Waals surface area contributed by atoms with Gasteiger partial charge >= 0.3 is 0 Å². The third-order valence-corrected chi connectivity index (χ3v) is 5.83. The summed E-state index contributed by atoms with van der Waals surface area (Å²) in [6.07, 6.45) is 3.01. The van der Waals surface area contributed by atoms with Crippen LogP contribution in [0.4, 0.5) is 4.39 Å². The molecule has 154 valence electrons. The number of halogens is 3. The number of fused-ring (bicyclic) bond motifs is 1. The number of nitrogens with one attached hydrogen (secondary N) is 2. The van der Waals surface area contributed by atoms with Crippen molar-refractivity contribution in [2.75, 3.05) is 6.54 Å². The first kappa shape index (κ1) is 20.9. The summed E-state index contributed by atoms with van der Waals surface area (Å²) in [5.41, 5.74) is 4.25. The monoisotopic (exact) mass is 486 g/mol. The highest BCUT2D eigenvalue weighted by Gasteiger charge is 2.08. The zero-order valence-corrected chi connectivity index (χ0v) is 18.6. The molecule has 0 unspecified atom stereocenters. The summed E-state index contributed by atoms with van der Waals surface area (Å²) < 4.78 is 20.2. The van der Waals surface area contributed by atoms with Crippen LogP contribution in [0.3, 0.4) is 0 Å². The predicted octanol–water partition coefficient (Wildman–Crippen LogP) is 6.63. The lowest BCUT2D eigenvalue weighted by molar-refractivity contribution is 0.302. The molecule has 0 saturated heterocycles. The summed E-state index contributed by atoms with van der Waals surface area (Å²) in [4.78, 5) is 3.32. The van der Waals surface area contributed by atoms with Gasteiger partial charge in [-0.15, -0.1) is 0 Å². The molecule has 0 amide bonds. The van der Waals surface area contributed by atoms with Crippen molar-refractivity contribution >= 4 is 38.4 Å².